The topological polar surface area (TPSA) is 111 Å². The van der Waals surface area contributed by atoms with Crippen molar-refractivity contribution in [3.05, 3.63) is 29.3 Å². The number of nitrogens with one attached hydrogen (secondary N) is 1. The third-order valence-electron chi connectivity index (χ3n) is 4.46. The SMILES string of the molecule is NCCOCCCOc1ccc2c(c1)CN(C1CCC(=O)NC1=O)C2=O. The number of rotatable bonds is 8. The monoisotopic (exact) mass is 361 g/mol. The first kappa shape index (κ1) is 18.3. The van der Waals surface area contributed by atoms with E-state index in [9.17, 15) is 14.4 Å². The van der Waals surface area contributed by atoms with Gasteiger partial charge in [0.05, 0.1) is 13.2 Å². The quantitative estimate of drug-likeness (QED) is 0.505. The second-order valence-electron chi connectivity index (χ2n) is 6.32. The molecule has 1 saturated heterocycles. The zero-order chi connectivity index (χ0) is 18.5. The van der Waals surface area contributed by atoms with Crippen LogP contribution in [0.5, 0.6) is 5.75 Å². The number of piperidine rings is 1. The second kappa shape index (κ2) is 8.29. The third kappa shape index (κ3) is 4.03. The molecule has 3 amide bonds. The van der Waals surface area contributed by atoms with Crippen molar-refractivity contribution >= 4 is 17.7 Å². The number of carbonyl (C=O) groups is 3. The number of hydrogen-bond donors (Lipinski definition) is 2. The molecule has 0 radical (unpaired) electrons. The summed E-state index contributed by atoms with van der Waals surface area (Å²) >= 11 is 0. The minimum absolute atomic E-state index is 0.184. The molecule has 0 bridgehead atoms. The Morgan fingerprint density at radius 2 is 2.04 bits per heavy atom. The van der Waals surface area contributed by atoms with E-state index in [1.54, 1.807) is 12.1 Å². The number of ether oxygens (including phenoxy) is 2. The van der Waals surface area contributed by atoms with Gasteiger partial charge in [0.25, 0.3) is 5.91 Å². The minimum Gasteiger partial charge on any atom is -0.493 e. The fourth-order valence-electron chi connectivity index (χ4n) is 3.18. The first-order valence-electron chi connectivity index (χ1n) is 8.78. The maximum absolute atomic E-state index is 12.6. The van der Waals surface area contributed by atoms with Crippen LogP contribution in [0.2, 0.25) is 0 Å². The molecule has 8 nitrogen and oxygen atoms in total. The predicted molar refractivity (Wildman–Crippen MR) is 92.5 cm³/mol. The van der Waals surface area contributed by atoms with E-state index >= 15 is 0 Å². The molecule has 0 aromatic heterocycles. The number of hydrogen-bond acceptors (Lipinski definition) is 6. The summed E-state index contributed by atoms with van der Waals surface area (Å²) in [5.41, 5.74) is 6.76. The van der Waals surface area contributed by atoms with E-state index in [0.717, 1.165) is 12.0 Å². The van der Waals surface area contributed by atoms with Gasteiger partial charge in [-0.3, -0.25) is 19.7 Å². The normalized spacial score (nSPS) is 19.5. The molecule has 0 saturated carbocycles. The Hall–Kier alpha value is -2.45. The van der Waals surface area contributed by atoms with Crippen LogP contribution in [0.25, 0.3) is 0 Å². The van der Waals surface area contributed by atoms with Crippen molar-refractivity contribution in [3.8, 4) is 5.75 Å². The van der Waals surface area contributed by atoms with Gasteiger partial charge in [0.1, 0.15) is 11.8 Å². The molecule has 1 aromatic carbocycles. The van der Waals surface area contributed by atoms with E-state index in [-0.39, 0.29) is 18.2 Å². The van der Waals surface area contributed by atoms with Gasteiger partial charge >= 0.3 is 0 Å². The van der Waals surface area contributed by atoms with Crippen molar-refractivity contribution in [1.82, 2.24) is 10.2 Å². The minimum atomic E-state index is -0.600. The molecule has 3 N–H and O–H groups in total. The summed E-state index contributed by atoms with van der Waals surface area (Å²) in [6.07, 6.45) is 1.35. The molecular weight excluding hydrogens is 338 g/mol. The second-order valence-corrected chi connectivity index (χ2v) is 6.32. The molecule has 2 heterocycles. The van der Waals surface area contributed by atoms with Gasteiger partial charge in [-0.15, -0.1) is 0 Å². The van der Waals surface area contributed by atoms with Crippen LogP contribution in [-0.2, 0) is 20.9 Å². The average Bonchev–Trinajstić information content (AvgIpc) is 2.94. The maximum atomic E-state index is 12.6. The van der Waals surface area contributed by atoms with Crippen LogP contribution in [0.4, 0.5) is 0 Å². The Balaban J connectivity index is 1.58. The molecule has 2 aliphatic rings. The Morgan fingerprint density at radius 1 is 1.19 bits per heavy atom. The number of benzene rings is 1. The molecule has 3 rings (SSSR count). The molecule has 1 fully saturated rings. The lowest BCUT2D eigenvalue weighted by atomic mass is 10.0. The van der Waals surface area contributed by atoms with E-state index in [2.05, 4.69) is 5.32 Å². The molecule has 1 aromatic rings. The highest BCUT2D eigenvalue weighted by Crippen LogP contribution is 2.30. The molecule has 0 spiro atoms. The molecule has 0 aliphatic carbocycles. The summed E-state index contributed by atoms with van der Waals surface area (Å²) < 4.78 is 11.0. The van der Waals surface area contributed by atoms with Crippen LogP contribution < -0.4 is 15.8 Å². The van der Waals surface area contributed by atoms with Crippen LogP contribution in [-0.4, -0.2) is 55.0 Å². The zero-order valence-electron chi connectivity index (χ0n) is 14.5. The smallest absolute Gasteiger partial charge is 0.255 e. The Bertz CT molecular complexity index is 706. The van der Waals surface area contributed by atoms with E-state index in [0.29, 0.717) is 50.6 Å². The highest BCUT2D eigenvalue weighted by molar-refractivity contribution is 6.05. The maximum Gasteiger partial charge on any atom is 0.255 e. The summed E-state index contributed by atoms with van der Waals surface area (Å²) in [6, 6.07) is 4.71. The highest BCUT2D eigenvalue weighted by Gasteiger charge is 2.39. The van der Waals surface area contributed by atoms with Crippen LogP contribution in [0.3, 0.4) is 0 Å². The standard InChI is InChI=1S/C18H23N3O5/c19-6-9-25-7-1-8-26-13-2-3-14-12(10-13)11-21(18(14)24)15-4-5-16(22)20-17(15)23/h2-3,10,15H,1,4-9,11,19H2,(H,20,22,23). The molecule has 8 heteroatoms. The van der Waals surface area contributed by atoms with Crippen LogP contribution in [0.15, 0.2) is 18.2 Å². The number of amides is 3. The Morgan fingerprint density at radius 3 is 2.81 bits per heavy atom. The number of nitrogens with two attached hydrogens (primary N) is 1. The number of carbonyl (C=O) groups excluding carboxylic acids is 3. The van der Waals surface area contributed by atoms with Gasteiger partial charge in [-0.2, -0.15) is 0 Å². The molecule has 1 atom stereocenters. The molecule has 2 aliphatic heterocycles. The first-order valence-corrected chi connectivity index (χ1v) is 8.78. The van der Waals surface area contributed by atoms with Crippen LogP contribution in [0.1, 0.15) is 35.2 Å². The lowest BCUT2D eigenvalue weighted by Gasteiger charge is -2.29. The van der Waals surface area contributed by atoms with Crippen molar-refractivity contribution in [1.29, 1.82) is 0 Å². The highest BCUT2D eigenvalue weighted by atomic mass is 16.5. The number of fused-ring (bicyclic) bond motifs is 1. The molecule has 140 valence electrons. The first-order chi connectivity index (χ1) is 12.6. The van der Waals surface area contributed by atoms with Gasteiger partial charge in [-0.25, -0.2) is 0 Å². The van der Waals surface area contributed by atoms with Gasteiger partial charge in [-0.05, 0) is 30.2 Å². The van der Waals surface area contributed by atoms with Gasteiger partial charge in [0, 0.05) is 38.1 Å². The van der Waals surface area contributed by atoms with Crippen molar-refractivity contribution in [2.45, 2.75) is 31.8 Å². The summed E-state index contributed by atoms with van der Waals surface area (Å²) in [4.78, 5) is 37.4. The Labute approximate surface area is 151 Å². The largest absolute Gasteiger partial charge is 0.493 e. The van der Waals surface area contributed by atoms with E-state index in [1.165, 1.54) is 4.90 Å². The van der Waals surface area contributed by atoms with E-state index in [4.69, 9.17) is 15.2 Å². The van der Waals surface area contributed by atoms with Gasteiger partial charge in [-0.1, -0.05) is 0 Å². The van der Waals surface area contributed by atoms with E-state index < -0.39 is 11.9 Å². The summed E-state index contributed by atoms with van der Waals surface area (Å²) in [5, 5.41) is 2.30. The van der Waals surface area contributed by atoms with Crippen LogP contribution in [0, 0.1) is 0 Å². The summed E-state index contributed by atoms with van der Waals surface area (Å²) in [5.74, 6) is -0.199. The molecular formula is C18H23N3O5. The fourth-order valence-corrected chi connectivity index (χ4v) is 3.18. The van der Waals surface area contributed by atoms with Gasteiger partial charge in [0.15, 0.2) is 0 Å². The lowest BCUT2D eigenvalue weighted by Crippen LogP contribution is -2.52. The number of imide groups is 1. The number of nitrogens with zero attached hydrogens (tertiary/aromatic N) is 1. The fraction of sp³-hybridized carbons (Fsp3) is 0.500. The van der Waals surface area contributed by atoms with E-state index in [1.807, 2.05) is 6.07 Å². The average molecular weight is 361 g/mol. The van der Waals surface area contributed by atoms with Crippen molar-refractivity contribution in [2.75, 3.05) is 26.4 Å². The van der Waals surface area contributed by atoms with Crippen LogP contribution >= 0.6 is 0 Å². The molecule has 26 heavy (non-hydrogen) atoms. The Kier molecular flexibility index (Phi) is 5.85. The zero-order valence-corrected chi connectivity index (χ0v) is 14.5. The van der Waals surface area contributed by atoms with Crippen molar-refractivity contribution in [3.63, 3.8) is 0 Å². The summed E-state index contributed by atoms with van der Waals surface area (Å²) in [6.45, 7) is 2.48. The predicted octanol–water partition coefficient (Wildman–Crippen LogP) is 0.192. The molecule has 1 unspecified atom stereocenters. The summed E-state index contributed by atoms with van der Waals surface area (Å²) in [7, 11) is 0. The van der Waals surface area contributed by atoms with Gasteiger partial charge in [0.2, 0.25) is 11.8 Å². The lowest BCUT2D eigenvalue weighted by molar-refractivity contribution is -0.136. The van der Waals surface area contributed by atoms with Gasteiger partial charge < -0.3 is 20.1 Å². The van der Waals surface area contributed by atoms with Crippen molar-refractivity contribution in [2.24, 2.45) is 5.73 Å². The third-order valence-corrected chi connectivity index (χ3v) is 4.46. The van der Waals surface area contributed by atoms with Crippen molar-refractivity contribution < 1.29 is 23.9 Å².